The van der Waals surface area contributed by atoms with Crippen molar-refractivity contribution in [3.8, 4) is 0 Å². The van der Waals surface area contributed by atoms with Crippen LogP contribution in [0.3, 0.4) is 0 Å². The second-order valence-electron chi connectivity index (χ2n) is 7.20. The molecule has 0 aromatic heterocycles. The van der Waals surface area contributed by atoms with Gasteiger partial charge in [0.05, 0.1) is 12.6 Å². The van der Waals surface area contributed by atoms with Crippen molar-refractivity contribution in [2.24, 2.45) is 5.92 Å². The molecular formula is C21H31N3O5. The first-order valence-electron chi connectivity index (χ1n) is 9.85. The lowest BCUT2D eigenvalue weighted by Crippen LogP contribution is -2.50. The Kier molecular flexibility index (Phi) is 11.1. The normalized spacial score (nSPS) is 12.6. The van der Waals surface area contributed by atoms with E-state index in [0.717, 1.165) is 12.0 Å². The average molecular weight is 405 g/mol. The summed E-state index contributed by atoms with van der Waals surface area (Å²) in [5, 5.41) is 7.60. The van der Waals surface area contributed by atoms with Gasteiger partial charge in [0, 0.05) is 0 Å². The van der Waals surface area contributed by atoms with E-state index in [2.05, 4.69) is 16.0 Å². The highest BCUT2D eigenvalue weighted by molar-refractivity contribution is 5.90. The van der Waals surface area contributed by atoms with Crippen molar-refractivity contribution < 1.29 is 23.9 Å². The number of alkyl carbamates (subject to hydrolysis) is 1. The van der Waals surface area contributed by atoms with Gasteiger partial charge in [0.1, 0.15) is 18.9 Å². The number of hydrogen-bond acceptors (Lipinski definition) is 5. The highest BCUT2D eigenvalue weighted by atomic mass is 16.5. The van der Waals surface area contributed by atoms with Crippen LogP contribution >= 0.6 is 0 Å². The molecule has 0 unspecified atom stereocenters. The SMILES string of the molecule is CCC[C@@H](C=O)NC(=O)CNC(=O)[C@H](CC(C)C)NC(=O)OCc1ccccc1. The molecule has 0 bridgehead atoms. The quantitative estimate of drug-likeness (QED) is 0.460. The molecule has 2 atom stereocenters. The number of rotatable bonds is 12. The van der Waals surface area contributed by atoms with E-state index >= 15 is 0 Å². The predicted octanol–water partition coefficient (Wildman–Crippen LogP) is 1.93. The fraction of sp³-hybridized carbons (Fsp3) is 0.524. The number of hydrogen-bond donors (Lipinski definition) is 3. The molecule has 1 aromatic rings. The van der Waals surface area contributed by atoms with Crippen molar-refractivity contribution in [3.05, 3.63) is 35.9 Å². The van der Waals surface area contributed by atoms with Crippen LogP contribution in [0.15, 0.2) is 30.3 Å². The van der Waals surface area contributed by atoms with Gasteiger partial charge in [-0.2, -0.15) is 0 Å². The van der Waals surface area contributed by atoms with Crippen LogP contribution in [0.2, 0.25) is 0 Å². The third-order valence-electron chi connectivity index (χ3n) is 4.06. The van der Waals surface area contributed by atoms with Gasteiger partial charge in [0.25, 0.3) is 0 Å². The lowest BCUT2D eigenvalue weighted by atomic mass is 10.0. The van der Waals surface area contributed by atoms with Crippen LogP contribution in [0.4, 0.5) is 4.79 Å². The van der Waals surface area contributed by atoms with Crippen molar-refractivity contribution in [1.29, 1.82) is 0 Å². The minimum atomic E-state index is -0.830. The zero-order valence-electron chi connectivity index (χ0n) is 17.3. The van der Waals surface area contributed by atoms with E-state index in [1.807, 2.05) is 51.1 Å². The number of nitrogens with one attached hydrogen (secondary N) is 3. The summed E-state index contributed by atoms with van der Waals surface area (Å²) in [6, 6.07) is 7.80. The Labute approximate surface area is 171 Å². The molecule has 29 heavy (non-hydrogen) atoms. The van der Waals surface area contributed by atoms with Gasteiger partial charge in [-0.3, -0.25) is 9.59 Å². The zero-order valence-corrected chi connectivity index (χ0v) is 17.3. The van der Waals surface area contributed by atoms with Crippen LogP contribution in [0, 0.1) is 5.92 Å². The smallest absolute Gasteiger partial charge is 0.408 e. The Hall–Kier alpha value is -2.90. The first-order chi connectivity index (χ1) is 13.8. The van der Waals surface area contributed by atoms with Gasteiger partial charge in [0.2, 0.25) is 11.8 Å². The molecule has 0 spiro atoms. The van der Waals surface area contributed by atoms with Gasteiger partial charge in [-0.15, -0.1) is 0 Å². The van der Waals surface area contributed by atoms with E-state index in [-0.39, 0.29) is 19.1 Å². The summed E-state index contributed by atoms with van der Waals surface area (Å²) in [6.45, 7) is 5.56. The Morgan fingerprint density at radius 3 is 2.38 bits per heavy atom. The number of amides is 3. The topological polar surface area (TPSA) is 114 Å². The third kappa shape index (κ3) is 10.3. The second-order valence-corrected chi connectivity index (χ2v) is 7.20. The first-order valence-corrected chi connectivity index (χ1v) is 9.85. The Bertz CT molecular complexity index is 664. The summed E-state index contributed by atoms with van der Waals surface area (Å²) < 4.78 is 5.16. The highest BCUT2D eigenvalue weighted by Gasteiger charge is 2.23. The molecule has 8 heteroatoms. The lowest BCUT2D eigenvalue weighted by Gasteiger charge is -2.20. The number of benzene rings is 1. The maximum atomic E-state index is 12.4. The minimum absolute atomic E-state index is 0.0929. The van der Waals surface area contributed by atoms with E-state index < -0.39 is 30.0 Å². The molecule has 1 rings (SSSR count). The zero-order chi connectivity index (χ0) is 21.6. The van der Waals surface area contributed by atoms with Gasteiger partial charge in [-0.25, -0.2) is 4.79 Å². The van der Waals surface area contributed by atoms with Crippen LogP contribution < -0.4 is 16.0 Å². The Balaban J connectivity index is 2.53. The number of carbonyl (C=O) groups is 4. The van der Waals surface area contributed by atoms with E-state index in [4.69, 9.17) is 4.74 Å². The largest absolute Gasteiger partial charge is 0.445 e. The molecule has 1 aromatic carbocycles. The summed E-state index contributed by atoms with van der Waals surface area (Å²) in [7, 11) is 0. The summed E-state index contributed by atoms with van der Waals surface area (Å²) in [5.74, 6) is -0.805. The van der Waals surface area contributed by atoms with Crippen LogP contribution in [-0.4, -0.2) is 42.8 Å². The first kappa shape index (κ1) is 24.1. The van der Waals surface area contributed by atoms with E-state index in [0.29, 0.717) is 19.1 Å². The summed E-state index contributed by atoms with van der Waals surface area (Å²) in [4.78, 5) is 47.4. The molecular weight excluding hydrogens is 374 g/mol. The van der Waals surface area contributed by atoms with E-state index in [9.17, 15) is 19.2 Å². The van der Waals surface area contributed by atoms with E-state index in [1.165, 1.54) is 0 Å². The number of ether oxygens (including phenoxy) is 1. The van der Waals surface area contributed by atoms with Gasteiger partial charge < -0.3 is 25.5 Å². The van der Waals surface area contributed by atoms with Crippen molar-refractivity contribution in [2.45, 2.75) is 58.7 Å². The summed E-state index contributed by atoms with van der Waals surface area (Å²) in [6.07, 6.45) is 1.65. The van der Waals surface area contributed by atoms with Crippen LogP contribution in [0.25, 0.3) is 0 Å². The Morgan fingerprint density at radius 1 is 1.10 bits per heavy atom. The fourth-order valence-electron chi connectivity index (χ4n) is 2.64. The van der Waals surface area contributed by atoms with Crippen molar-refractivity contribution in [3.63, 3.8) is 0 Å². The van der Waals surface area contributed by atoms with Crippen LogP contribution in [0.5, 0.6) is 0 Å². The number of carbonyl (C=O) groups excluding carboxylic acids is 4. The minimum Gasteiger partial charge on any atom is -0.445 e. The molecule has 0 saturated carbocycles. The fourth-order valence-corrected chi connectivity index (χ4v) is 2.64. The summed E-state index contributed by atoms with van der Waals surface area (Å²) >= 11 is 0. The van der Waals surface area contributed by atoms with Crippen LogP contribution in [-0.2, 0) is 25.7 Å². The molecule has 3 N–H and O–H groups in total. The third-order valence-corrected chi connectivity index (χ3v) is 4.06. The maximum Gasteiger partial charge on any atom is 0.408 e. The van der Waals surface area contributed by atoms with Crippen molar-refractivity contribution >= 4 is 24.2 Å². The average Bonchev–Trinajstić information content (AvgIpc) is 2.70. The number of aldehydes is 1. The molecule has 0 aliphatic carbocycles. The second kappa shape index (κ2) is 13.3. The standard InChI is InChI=1S/C21H31N3O5/c1-4-8-17(13-25)23-19(26)12-22-20(27)18(11-15(2)3)24-21(28)29-14-16-9-6-5-7-10-16/h5-7,9-10,13,15,17-18H,4,8,11-12,14H2,1-3H3,(H,22,27)(H,23,26)(H,24,28)/t17-,18-/m0/s1. The predicted molar refractivity (Wildman–Crippen MR) is 109 cm³/mol. The van der Waals surface area contributed by atoms with Gasteiger partial charge >= 0.3 is 6.09 Å². The Morgan fingerprint density at radius 2 is 1.79 bits per heavy atom. The molecule has 0 saturated heterocycles. The van der Waals surface area contributed by atoms with Crippen LogP contribution in [0.1, 0.15) is 45.6 Å². The maximum absolute atomic E-state index is 12.4. The molecule has 0 heterocycles. The molecule has 160 valence electrons. The van der Waals surface area contributed by atoms with Crippen molar-refractivity contribution in [2.75, 3.05) is 6.54 Å². The summed E-state index contributed by atoms with van der Waals surface area (Å²) in [5.41, 5.74) is 0.834. The van der Waals surface area contributed by atoms with Gasteiger partial charge in [-0.05, 0) is 24.3 Å². The van der Waals surface area contributed by atoms with E-state index in [1.54, 1.807) is 0 Å². The van der Waals surface area contributed by atoms with Crippen molar-refractivity contribution in [1.82, 2.24) is 16.0 Å². The molecule has 0 fully saturated rings. The molecule has 0 radical (unpaired) electrons. The molecule has 8 nitrogen and oxygen atoms in total. The molecule has 0 aliphatic heterocycles. The lowest BCUT2D eigenvalue weighted by molar-refractivity contribution is -0.128. The van der Waals surface area contributed by atoms with Gasteiger partial charge in [0.15, 0.2) is 0 Å². The monoisotopic (exact) mass is 405 g/mol. The highest BCUT2D eigenvalue weighted by Crippen LogP contribution is 2.06. The van der Waals surface area contributed by atoms with Gasteiger partial charge in [-0.1, -0.05) is 57.5 Å². The molecule has 0 aliphatic rings. The molecule has 3 amide bonds.